The number of carbonyl (C=O) groups excluding carboxylic acids is 1. The number of hydrogen-bond donors (Lipinski definition) is 2. The molecule has 0 spiro atoms. The summed E-state index contributed by atoms with van der Waals surface area (Å²) in [6.45, 7) is 0.792. The van der Waals surface area contributed by atoms with Gasteiger partial charge in [-0.25, -0.2) is 4.98 Å². The van der Waals surface area contributed by atoms with E-state index in [0.717, 1.165) is 11.4 Å². The Morgan fingerprint density at radius 1 is 1.47 bits per heavy atom. The third-order valence-electron chi connectivity index (χ3n) is 3.11. The number of rotatable bonds is 6. The molecule has 1 saturated carbocycles. The highest BCUT2D eigenvalue weighted by Gasteiger charge is 2.24. The summed E-state index contributed by atoms with van der Waals surface area (Å²) in [5, 5.41) is 7.32. The van der Waals surface area contributed by atoms with E-state index in [1.165, 1.54) is 17.5 Å². The number of aromatic nitrogens is 4. The zero-order chi connectivity index (χ0) is 13.2. The van der Waals surface area contributed by atoms with Crippen molar-refractivity contribution in [3.63, 3.8) is 0 Å². The lowest BCUT2D eigenvalue weighted by molar-refractivity contribution is -0.118. The second-order valence-corrected chi connectivity index (χ2v) is 4.77. The first-order chi connectivity index (χ1) is 9.22. The van der Waals surface area contributed by atoms with Crippen molar-refractivity contribution in [2.24, 2.45) is 5.73 Å². The lowest BCUT2D eigenvalue weighted by Crippen LogP contribution is -2.18. The molecule has 7 nitrogen and oxygen atoms in total. The van der Waals surface area contributed by atoms with Crippen molar-refractivity contribution in [2.75, 3.05) is 5.32 Å². The number of nitrogens with two attached hydrogens (primary N) is 1. The van der Waals surface area contributed by atoms with E-state index >= 15 is 0 Å². The van der Waals surface area contributed by atoms with E-state index in [9.17, 15) is 4.79 Å². The number of amides is 1. The van der Waals surface area contributed by atoms with Gasteiger partial charge in [0, 0.05) is 18.4 Å². The van der Waals surface area contributed by atoms with Gasteiger partial charge in [-0.3, -0.25) is 9.48 Å². The fourth-order valence-corrected chi connectivity index (χ4v) is 2.04. The number of nitrogens with zero attached hydrogens (tertiary/aromatic N) is 4. The van der Waals surface area contributed by atoms with Crippen molar-refractivity contribution >= 4 is 11.6 Å². The van der Waals surface area contributed by atoms with Gasteiger partial charge >= 0.3 is 0 Å². The Hall–Kier alpha value is -2.31. The summed E-state index contributed by atoms with van der Waals surface area (Å²) < 4.78 is 3.73. The van der Waals surface area contributed by atoms with Crippen LogP contribution in [0.4, 0.5) is 5.69 Å². The largest absolute Gasteiger partial charge is 0.377 e. The topological polar surface area (TPSA) is 90.8 Å². The van der Waals surface area contributed by atoms with Crippen molar-refractivity contribution in [2.45, 2.75) is 32.0 Å². The van der Waals surface area contributed by atoms with E-state index in [1.54, 1.807) is 12.4 Å². The SMILES string of the molecule is NC(=O)Cn1cc(NCc2cncn2C2CC2)cn1. The normalized spacial score (nSPS) is 14.5. The molecule has 3 N–H and O–H groups in total. The maximum atomic E-state index is 10.8. The fourth-order valence-electron chi connectivity index (χ4n) is 2.04. The standard InChI is InChI=1S/C12H16N6O/c13-12(19)7-17-6-9(3-16-17)15-5-11-4-14-8-18(11)10-1-2-10/h3-4,6,8,10,15H,1-2,5,7H2,(H2,13,19). The number of anilines is 1. The maximum Gasteiger partial charge on any atom is 0.239 e. The third-order valence-corrected chi connectivity index (χ3v) is 3.11. The number of nitrogens with one attached hydrogen (secondary N) is 1. The Balaban J connectivity index is 1.60. The van der Waals surface area contributed by atoms with E-state index in [-0.39, 0.29) is 6.54 Å². The molecule has 19 heavy (non-hydrogen) atoms. The molecule has 3 rings (SSSR count). The molecule has 2 heterocycles. The molecule has 2 aromatic rings. The average Bonchev–Trinajstić information content (AvgIpc) is 2.94. The highest BCUT2D eigenvalue weighted by molar-refractivity contribution is 5.73. The summed E-state index contributed by atoms with van der Waals surface area (Å²) in [4.78, 5) is 15.0. The van der Waals surface area contributed by atoms with Gasteiger partial charge in [-0.1, -0.05) is 0 Å². The molecule has 100 valence electrons. The smallest absolute Gasteiger partial charge is 0.239 e. The van der Waals surface area contributed by atoms with Crippen molar-refractivity contribution < 1.29 is 4.79 Å². The average molecular weight is 260 g/mol. The summed E-state index contributed by atoms with van der Waals surface area (Å²) in [5.74, 6) is -0.401. The Kier molecular flexibility index (Phi) is 2.94. The van der Waals surface area contributed by atoms with Crippen LogP contribution in [0.5, 0.6) is 0 Å². The molecule has 2 aromatic heterocycles. The summed E-state index contributed by atoms with van der Waals surface area (Å²) in [7, 11) is 0. The predicted molar refractivity (Wildman–Crippen MR) is 69.2 cm³/mol. The van der Waals surface area contributed by atoms with Gasteiger partial charge in [0.05, 0.1) is 30.5 Å². The molecule has 1 fully saturated rings. The van der Waals surface area contributed by atoms with Crippen LogP contribution < -0.4 is 11.1 Å². The number of carbonyl (C=O) groups is 1. The molecular weight excluding hydrogens is 244 g/mol. The molecule has 0 bridgehead atoms. The van der Waals surface area contributed by atoms with Gasteiger partial charge in [0.15, 0.2) is 0 Å². The minimum absolute atomic E-state index is 0.0989. The van der Waals surface area contributed by atoms with Crippen molar-refractivity contribution in [1.29, 1.82) is 0 Å². The van der Waals surface area contributed by atoms with E-state index < -0.39 is 5.91 Å². The van der Waals surface area contributed by atoms with Crippen LogP contribution in [0.2, 0.25) is 0 Å². The Bertz CT molecular complexity index is 583. The zero-order valence-corrected chi connectivity index (χ0v) is 10.5. The van der Waals surface area contributed by atoms with Gasteiger partial charge in [0.1, 0.15) is 6.54 Å². The number of imidazole rings is 1. The summed E-state index contributed by atoms with van der Waals surface area (Å²) in [6, 6.07) is 0.622. The first-order valence-corrected chi connectivity index (χ1v) is 6.28. The van der Waals surface area contributed by atoms with Gasteiger partial charge < -0.3 is 15.6 Å². The molecule has 0 aromatic carbocycles. The molecule has 0 saturated heterocycles. The Morgan fingerprint density at radius 2 is 2.32 bits per heavy atom. The Labute approximate surface area is 110 Å². The predicted octanol–water partition coefficient (Wildman–Crippen LogP) is 0.512. The van der Waals surface area contributed by atoms with Crippen LogP contribution in [-0.4, -0.2) is 25.2 Å². The first-order valence-electron chi connectivity index (χ1n) is 6.28. The van der Waals surface area contributed by atoms with Crippen molar-refractivity contribution in [3.8, 4) is 0 Å². The van der Waals surface area contributed by atoms with Crippen LogP contribution in [0.25, 0.3) is 0 Å². The van der Waals surface area contributed by atoms with Crippen molar-refractivity contribution in [1.82, 2.24) is 19.3 Å². The van der Waals surface area contributed by atoms with Crippen LogP contribution in [0.1, 0.15) is 24.6 Å². The zero-order valence-electron chi connectivity index (χ0n) is 10.5. The molecule has 0 radical (unpaired) electrons. The number of primary amides is 1. The van der Waals surface area contributed by atoms with Crippen LogP contribution in [0.15, 0.2) is 24.9 Å². The van der Waals surface area contributed by atoms with Crippen molar-refractivity contribution in [3.05, 3.63) is 30.6 Å². The molecule has 1 aliphatic rings. The van der Waals surface area contributed by atoms with Crippen LogP contribution in [0, 0.1) is 0 Å². The van der Waals surface area contributed by atoms with Gasteiger partial charge in [-0.05, 0) is 12.8 Å². The van der Waals surface area contributed by atoms with E-state index in [1.807, 2.05) is 12.5 Å². The van der Waals surface area contributed by atoms with E-state index in [4.69, 9.17) is 5.73 Å². The van der Waals surface area contributed by atoms with Crippen LogP contribution in [0.3, 0.4) is 0 Å². The molecule has 1 aliphatic carbocycles. The third kappa shape index (κ3) is 2.75. The van der Waals surface area contributed by atoms with Crippen LogP contribution >= 0.6 is 0 Å². The van der Waals surface area contributed by atoms with Gasteiger partial charge in [0.2, 0.25) is 5.91 Å². The van der Waals surface area contributed by atoms with Crippen LogP contribution in [-0.2, 0) is 17.9 Å². The monoisotopic (exact) mass is 260 g/mol. The maximum absolute atomic E-state index is 10.8. The lowest BCUT2D eigenvalue weighted by atomic mass is 10.4. The highest BCUT2D eigenvalue weighted by atomic mass is 16.1. The molecule has 7 heteroatoms. The molecule has 0 aliphatic heterocycles. The number of hydrogen-bond acceptors (Lipinski definition) is 4. The van der Waals surface area contributed by atoms with Gasteiger partial charge in [0.25, 0.3) is 0 Å². The molecule has 0 atom stereocenters. The second kappa shape index (κ2) is 4.75. The lowest BCUT2D eigenvalue weighted by Gasteiger charge is -2.07. The minimum Gasteiger partial charge on any atom is -0.377 e. The van der Waals surface area contributed by atoms with Gasteiger partial charge in [-0.2, -0.15) is 5.10 Å². The molecular formula is C12H16N6O. The minimum atomic E-state index is -0.401. The second-order valence-electron chi connectivity index (χ2n) is 4.77. The fraction of sp³-hybridized carbons (Fsp3) is 0.417. The van der Waals surface area contributed by atoms with E-state index in [0.29, 0.717) is 12.6 Å². The van der Waals surface area contributed by atoms with Gasteiger partial charge in [-0.15, -0.1) is 0 Å². The molecule has 0 unspecified atom stereocenters. The quantitative estimate of drug-likeness (QED) is 0.791. The Morgan fingerprint density at radius 3 is 3.05 bits per heavy atom. The summed E-state index contributed by atoms with van der Waals surface area (Å²) >= 11 is 0. The van der Waals surface area contributed by atoms with E-state index in [2.05, 4.69) is 20.0 Å². The summed E-state index contributed by atoms with van der Waals surface area (Å²) in [6.07, 6.45) is 9.67. The summed E-state index contributed by atoms with van der Waals surface area (Å²) in [5.41, 5.74) is 7.14. The highest BCUT2D eigenvalue weighted by Crippen LogP contribution is 2.35. The first kappa shape index (κ1) is 11.8. The molecule has 1 amide bonds.